The van der Waals surface area contributed by atoms with Gasteiger partial charge in [-0.2, -0.15) is 0 Å². The van der Waals surface area contributed by atoms with Crippen molar-refractivity contribution in [3.8, 4) is 0 Å². The van der Waals surface area contributed by atoms with E-state index in [1.165, 1.54) is 7.05 Å². The average molecular weight is 375 g/mol. The lowest BCUT2D eigenvalue weighted by Crippen LogP contribution is -2.33. The highest BCUT2D eigenvalue weighted by atomic mass is 16.5. The third-order valence-corrected chi connectivity index (χ3v) is 4.85. The van der Waals surface area contributed by atoms with Crippen molar-refractivity contribution < 1.29 is 19.6 Å². The van der Waals surface area contributed by atoms with Crippen molar-refractivity contribution in [1.82, 2.24) is 10.4 Å². The van der Waals surface area contributed by atoms with Crippen LogP contribution in [0.2, 0.25) is 0 Å². The van der Waals surface area contributed by atoms with Crippen molar-refractivity contribution in [2.24, 2.45) is 0 Å². The Morgan fingerprint density at radius 3 is 2.63 bits per heavy atom. The lowest BCUT2D eigenvalue weighted by Gasteiger charge is -2.32. The zero-order valence-corrected chi connectivity index (χ0v) is 16.3. The van der Waals surface area contributed by atoms with Gasteiger partial charge in [-0.05, 0) is 36.6 Å². The van der Waals surface area contributed by atoms with Crippen molar-refractivity contribution in [1.29, 1.82) is 0 Å². The Kier molecular flexibility index (Phi) is 6.96. The number of anilines is 1. The third-order valence-electron chi connectivity index (χ3n) is 4.85. The Labute approximate surface area is 160 Å². The van der Waals surface area contributed by atoms with Crippen LogP contribution in [0.4, 0.5) is 5.69 Å². The number of nitrogens with one attached hydrogen (secondary N) is 2. The molecule has 2 rings (SSSR count). The zero-order valence-electron chi connectivity index (χ0n) is 16.3. The molecule has 7 nitrogen and oxygen atoms in total. The fourth-order valence-corrected chi connectivity index (χ4v) is 3.27. The highest BCUT2D eigenvalue weighted by molar-refractivity contribution is 5.98. The van der Waals surface area contributed by atoms with Gasteiger partial charge in [-0.25, -0.2) is 5.06 Å². The number of fused-ring (bicyclic) bond motifs is 1. The molecule has 7 heteroatoms. The van der Waals surface area contributed by atoms with Crippen molar-refractivity contribution in [3.05, 3.63) is 29.3 Å². The van der Waals surface area contributed by atoms with Crippen LogP contribution in [0.15, 0.2) is 18.2 Å². The van der Waals surface area contributed by atoms with Gasteiger partial charge in [0.25, 0.3) is 5.91 Å². The highest BCUT2D eigenvalue weighted by Gasteiger charge is 2.32. The standard InChI is InChI=1S/C20H29N3O4/c1-20(2)13-17(24)22-16-10-9-14(12-15(16)20)19(26)21-11-7-5-4-6-8-18(25)23(3)27/h9-10,12,27H,4-8,11,13H2,1-3H3,(H,21,26)(H,22,24). The molecule has 0 aromatic heterocycles. The quantitative estimate of drug-likeness (QED) is 0.370. The van der Waals surface area contributed by atoms with Crippen LogP contribution >= 0.6 is 0 Å². The number of amides is 3. The van der Waals surface area contributed by atoms with Crippen molar-refractivity contribution in [2.75, 3.05) is 18.9 Å². The summed E-state index contributed by atoms with van der Waals surface area (Å²) < 4.78 is 0. The minimum Gasteiger partial charge on any atom is -0.352 e. The summed E-state index contributed by atoms with van der Waals surface area (Å²) in [5.74, 6) is -0.408. The number of unbranched alkanes of at least 4 members (excludes halogenated alkanes) is 3. The summed E-state index contributed by atoms with van der Waals surface area (Å²) in [6, 6.07) is 5.38. The van der Waals surface area contributed by atoms with Crippen LogP contribution in [0.5, 0.6) is 0 Å². The Morgan fingerprint density at radius 1 is 1.22 bits per heavy atom. The summed E-state index contributed by atoms with van der Waals surface area (Å²) in [4.78, 5) is 35.4. The summed E-state index contributed by atoms with van der Waals surface area (Å²) in [7, 11) is 1.33. The van der Waals surface area contributed by atoms with E-state index in [9.17, 15) is 14.4 Å². The second-order valence-corrected chi connectivity index (χ2v) is 7.71. The molecule has 1 aromatic rings. The predicted molar refractivity (Wildman–Crippen MR) is 103 cm³/mol. The van der Waals surface area contributed by atoms with Crippen LogP contribution < -0.4 is 10.6 Å². The van der Waals surface area contributed by atoms with Gasteiger partial charge in [0.05, 0.1) is 0 Å². The van der Waals surface area contributed by atoms with Gasteiger partial charge >= 0.3 is 0 Å². The van der Waals surface area contributed by atoms with Gasteiger partial charge in [0.2, 0.25) is 11.8 Å². The summed E-state index contributed by atoms with van der Waals surface area (Å²) >= 11 is 0. The lowest BCUT2D eigenvalue weighted by atomic mass is 9.77. The van der Waals surface area contributed by atoms with Crippen LogP contribution in [-0.2, 0) is 15.0 Å². The molecule has 0 bridgehead atoms. The molecule has 0 saturated carbocycles. The minimum atomic E-state index is -0.298. The largest absolute Gasteiger partial charge is 0.352 e. The topological polar surface area (TPSA) is 98.7 Å². The van der Waals surface area contributed by atoms with E-state index in [0.717, 1.165) is 36.9 Å². The van der Waals surface area contributed by atoms with Gasteiger partial charge in [-0.3, -0.25) is 19.6 Å². The first kappa shape index (κ1) is 20.9. The molecule has 1 aromatic carbocycles. The molecule has 27 heavy (non-hydrogen) atoms. The molecule has 0 aliphatic carbocycles. The molecular weight excluding hydrogens is 346 g/mol. The number of benzene rings is 1. The predicted octanol–water partition coefficient (Wildman–Crippen LogP) is 2.83. The van der Waals surface area contributed by atoms with E-state index in [1.54, 1.807) is 12.1 Å². The fraction of sp³-hybridized carbons (Fsp3) is 0.550. The summed E-state index contributed by atoms with van der Waals surface area (Å²) in [6.07, 6.45) is 4.08. The first-order valence-electron chi connectivity index (χ1n) is 9.39. The third kappa shape index (κ3) is 5.79. The number of nitrogens with zero attached hydrogens (tertiary/aromatic N) is 1. The van der Waals surface area contributed by atoms with Crippen molar-refractivity contribution >= 4 is 23.4 Å². The monoisotopic (exact) mass is 375 g/mol. The van der Waals surface area contributed by atoms with Gasteiger partial charge in [0, 0.05) is 43.1 Å². The molecule has 3 amide bonds. The molecule has 0 fully saturated rings. The number of hydrogen-bond acceptors (Lipinski definition) is 4. The van der Waals surface area contributed by atoms with E-state index >= 15 is 0 Å². The van der Waals surface area contributed by atoms with Crippen LogP contribution in [0, 0.1) is 0 Å². The number of carbonyl (C=O) groups is 3. The highest BCUT2D eigenvalue weighted by Crippen LogP contribution is 2.37. The van der Waals surface area contributed by atoms with E-state index in [4.69, 9.17) is 5.21 Å². The number of hydrogen-bond donors (Lipinski definition) is 3. The molecular formula is C20H29N3O4. The van der Waals surface area contributed by atoms with E-state index in [1.807, 2.05) is 19.9 Å². The van der Waals surface area contributed by atoms with Crippen LogP contribution in [0.1, 0.15) is 68.3 Å². The minimum absolute atomic E-state index is 0.00275. The molecule has 1 heterocycles. The van der Waals surface area contributed by atoms with Crippen molar-refractivity contribution in [3.63, 3.8) is 0 Å². The lowest BCUT2D eigenvalue weighted by molar-refractivity contribution is -0.159. The fourth-order valence-electron chi connectivity index (χ4n) is 3.27. The molecule has 0 atom stereocenters. The molecule has 0 unspecified atom stereocenters. The number of hydroxylamine groups is 2. The zero-order chi connectivity index (χ0) is 20.0. The Morgan fingerprint density at radius 2 is 1.93 bits per heavy atom. The first-order chi connectivity index (χ1) is 12.7. The molecule has 0 saturated heterocycles. The Hall–Kier alpha value is -2.41. The van der Waals surface area contributed by atoms with E-state index < -0.39 is 0 Å². The van der Waals surface area contributed by atoms with Crippen LogP contribution in [0.25, 0.3) is 0 Å². The normalized spacial score (nSPS) is 14.9. The molecule has 0 radical (unpaired) electrons. The van der Waals surface area contributed by atoms with Gasteiger partial charge in [-0.1, -0.05) is 26.7 Å². The summed E-state index contributed by atoms with van der Waals surface area (Å²) in [5, 5.41) is 15.4. The Bertz CT molecular complexity index is 713. The SMILES string of the molecule is CN(O)C(=O)CCCCCCNC(=O)c1ccc2c(c1)C(C)(C)CC(=O)N2. The number of rotatable bonds is 8. The summed E-state index contributed by atoms with van der Waals surface area (Å²) in [6.45, 7) is 4.58. The average Bonchev–Trinajstić information content (AvgIpc) is 2.59. The molecule has 148 valence electrons. The van der Waals surface area contributed by atoms with Gasteiger partial charge in [0.1, 0.15) is 0 Å². The number of carbonyl (C=O) groups excluding carboxylic acids is 3. The van der Waals surface area contributed by atoms with Gasteiger partial charge in [0.15, 0.2) is 0 Å². The maximum absolute atomic E-state index is 12.4. The molecule has 1 aliphatic rings. The van der Waals surface area contributed by atoms with E-state index in [0.29, 0.717) is 30.0 Å². The second kappa shape index (κ2) is 8.99. The second-order valence-electron chi connectivity index (χ2n) is 7.71. The summed E-state index contributed by atoms with van der Waals surface area (Å²) in [5.41, 5.74) is 2.05. The molecule has 1 aliphatic heterocycles. The molecule has 0 spiro atoms. The van der Waals surface area contributed by atoms with Gasteiger partial charge < -0.3 is 10.6 Å². The first-order valence-corrected chi connectivity index (χ1v) is 9.39. The van der Waals surface area contributed by atoms with Crippen LogP contribution in [0.3, 0.4) is 0 Å². The van der Waals surface area contributed by atoms with Crippen LogP contribution in [-0.4, -0.2) is 41.6 Å². The maximum Gasteiger partial charge on any atom is 0.251 e. The van der Waals surface area contributed by atoms with Crippen molar-refractivity contribution in [2.45, 2.75) is 57.8 Å². The van der Waals surface area contributed by atoms with E-state index in [-0.39, 0.29) is 23.1 Å². The smallest absolute Gasteiger partial charge is 0.251 e. The van der Waals surface area contributed by atoms with E-state index in [2.05, 4.69) is 10.6 Å². The Balaban J connectivity index is 1.77. The maximum atomic E-state index is 12.4. The van der Waals surface area contributed by atoms with Gasteiger partial charge in [-0.15, -0.1) is 0 Å². The molecule has 3 N–H and O–H groups in total.